The van der Waals surface area contributed by atoms with Crippen molar-refractivity contribution in [1.82, 2.24) is 15.0 Å². The number of halogens is 3. The van der Waals surface area contributed by atoms with Gasteiger partial charge < -0.3 is 11.1 Å². The van der Waals surface area contributed by atoms with E-state index >= 15 is 0 Å². The molecule has 3 N–H and O–H groups in total. The lowest BCUT2D eigenvalue weighted by Gasteiger charge is -2.22. The highest BCUT2D eigenvalue weighted by Gasteiger charge is 2.31. The Bertz CT molecular complexity index is 434. The van der Waals surface area contributed by atoms with Gasteiger partial charge >= 0.3 is 5.51 Å². The van der Waals surface area contributed by atoms with Gasteiger partial charge in [0.2, 0.25) is 17.1 Å². The van der Waals surface area contributed by atoms with E-state index < -0.39 is 22.4 Å². The summed E-state index contributed by atoms with van der Waals surface area (Å²) in [5.41, 5.74) is 0.966. The van der Waals surface area contributed by atoms with E-state index in [1.165, 1.54) is 6.42 Å². The van der Waals surface area contributed by atoms with Gasteiger partial charge in [0.05, 0.1) is 0 Å². The molecule has 0 bridgehead atoms. The first kappa shape index (κ1) is 14.2. The molecular formula is C10H14F3N5S. The van der Waals surface area contributed by atoms with Crippen molar-refractivity contribution in [2.24, 2.45) is 0 Å². The maximum atomic E-state index is 12.3. The largest absolute Gasteiger partial charge is 0.449 e. The molecule has 5 nitrogen and oxygen atoms in total. The summed E-state index contributed by atoms with van der Waals surface area (Å²) in [6, 6.07) is 0.194. The highest BCUT2D eigenvalue weighted by Crippen LogP contribution is 2.35. The Labute approximate surface area is 112 Å². The fourth-order valence-corrected chi connectivity index (χ4v) is 2.49. The molecule has 0 unspecified atom stereocenters. The number of hydrogen-bond donors (Lipinski definition) is 2. The second-order valence-corrected chi connectivity index (χ2v) is 5.36. The summed E-state index contributed by atoms with van der Waals surface area (Å²) >= 11 is -0.391. The van der Waals surface area contributed by atoms with Crippen LogP contribution in [0.5, 0.6) is 0 Å². The Kier molecular flexibility index (Phi) is 4.33. The Hall–Kier alpha value is -1.25. The number of alkyl halides is 3. The van der Waals surface area contributed by atoms with E-state index in [1.807, 2.05) is 0 Å². The van der Waals surface area contributed by atoms with E-state index in [0.29, 0.717) is 0 Å². The minimum absolute atomic E-state index is 0.117. The first-order chi connectivity index (χ1) is 8.92. The van der Waals surface area contributed by atoms with Crippen molar-refractivity contribution in [3.8, 4) is 0 Å². The topological polar surface area (TPSA) is 76.7 Å². The Morgan fingerprint density at radius 3 is 2.42 bits per heavy atom. The number of aromatic nitrogens is 3. The average molecular weight is 293 g/mol. The lowest BCUT2D eigenvalue weighted by Crippen LogP contribution is -2.24. The highest BCUT2D eigenvalue weighted by atomic mass is 32.2. The van der Waals surface area contributed by atoms with Crippen LogP contribution in [0.1, 0.15) is 32.1 Å². The molecule has 0 aliphatic heterocycles. The summed E-state index contributed by atoms with van der Waals surface area (Å²) in [6.07, 6.45) is 5.32. The Balaban J connectivity index is 2.07. The van der Waals surface area contributed by atoms with Crippen molar-refractivity contribution < 1.29 is 13.2 Å². The molecule has 1 aliphatic carbocycles. The molecule has 0 spiro atoms. The van der Waals surface area contributed by atoms with E-state index in [2.05, 4.69) is 20.3 Å². The first-order valence-electron chi connectivity index (χ1n) is 5.96. The summed E-state index contributed by atoms with van der Waals surface area (Å²) in [6.45, 7) is 0. The second-order valence-electron chi connectivity index (χ2n) is 4.33. The zero-order chi connectivity index (χ0) is 13.9. The van der Waals surface area contributed by atoms with Gasteiger partial charge in [0.25, 0.3) is 0 Å². The standard InChI is InChI=1S/C10H14F3N5S/c11-10(12,13)19-9-17-7(14)16-8(18-9)15-6-4-2-1-3-5-6/h6H,1-5H2,(H3,14,15,16,17,18). The third-order valence-electron chi connectivity index (χ3n) is 2.78. The molecule has 0 amide bonds. The van der Waals surface area contributed by atoms with Crippen LogP contribution in [0.4, 0.5) is 25.1 Å². The molecule has 1 aromatic heterocycles. The minimum Gasteiger partial charge on any atom is -0.368 e. The van der Waals surface area contributed by atoms with Crippen LogP contribution in [0, 0.1) is 0 Å². The summed E-state index contributed by atoms with van der Waals surface area (Å²) in [5.74, 6) is -0.0915. The number of anilines is 2. The number of rotatable bonds is 3. The van der Waals surface area contributed by atoms with Crippen LogP contribution >= 0.6 is 11.8 Å². The number of thioether (sulfide) groups is 1. The van der Waals surface area contributed by atoms with Crippen LogP contribution in [-0.2, 0) is 0 Å². The minimum atomic E-state index is -4.43. The quantitative estimate of drug-likeness (QED) is 0.835. The maximum absolute atomic E-state index is 12.3. The van der Waals surface area contributed by atoms with E-state index in [4.69, 9.17) is 5.73 Å². The predicted octanol–water partition coefficient (Wildman–Crippen LogP) is 2.81. The summed E-state index contributed by atoms with van der Waals surface area (Å²) in [4.78, 5) is 11.0. The Morgan fingerprint density at radius 1 is 1.11 bits per heavy atom. The number of nitrogens with zero attached hydrogens (tertiary/aromatic N) is 3. The fourth-order valence-electron chi connectivity index (χ4n) is 2.02. The van der Waals surface area contributed by atoms with Crippen LogP contribution in [0.3, 0.4) is 0 Å². The lowest BCUT2D eigenvalue weighted by atomic mass is 9.96. The molecule has 1 aliphatic rings. The number of hydrogen-bond acceptors (Lipinski definition) is 6. The molecule has 0 atom stereocenters. The van der Waals surface area contributed by atoms with Crippen molar-refractivity contribution in [3.05, 3.63) is 0 Å². The van der Waals surface area contributed by atoms with Gasteiger partial charge in [-0.25, -0.2) is 0 Å². The predicted molar refractivity (Wildman–Crippen MR) is 66.6 cm³/mol. The van der Waals surface area contributed by atoms with Crippen LogP contribution in [0.15, 0.2) is 5.16 Å². The summed E-state index contributed by atoms with van der Waals surface area (Å²) < 4.78 is 36.8. The van der Waals surface area contributed by atoms with Gasteiger partial charge in [-0.15, -0.1) is 0 Å². The molecule has 0 saturated heterocycles. The molecule has 9 heteroatoms. The van der Waals surface area contributed by atoms with E-state index in [9.17, 15) is 13.2 Å². The monoisotopic (exact) mass is 293 g/mol. The van der Waals surface area contributed by atoms with Gasteiger partial charge in [0.1, 0.15) is 0 Å². The smallest absolute Gasteiger partial charge is 0.368 e. The summed E-state index contributed by atoms with van der Waals surface area (Å²) in [7, 11) is 0. The van der Waals surface area contributed by atoms with Gasteiger partial charge in [-0.1, -0.05) is 19.3 Å². The van der Waals surface area contributed by atoms with E-state index in [-0.39, 0.29) is 17.9 Å². The third kappa shape index (κ3) is 4.73. The zero-order valence-electron chi connectivity index (χ0n) is 10.1. The molecule has 1 saturated carbocycles. The molecule has 2 rings (SSSR count). The maximum Gasteiger partial charge on any atom is 0.449 e. The fraction of sp³-hybridized carbons (Fsp3) is 0.700. The SMILES string of the molecule is Nc1nc(NC2CCCCC2)nc(SC(F)(F)F)n1. The number of nitrogens with one attached hydrogen (secondary N) is 1. The molecule has 106 valence electrons. The zero-order valence-corrected chi connectivity index (χ0v) is 10.9. The van der Waals surface area contributed by atoms with Crippen LogP contribution in [0.25, 0.3) is 0 Å². The lowest BCUT2D eigenvalue weighted by molar-refractivity contribution is -0.0330. The van der Waals surface area contributed by atoms with Crippen molar-refractivity contribution in [2.75, 3.05) is 11.1 Å². The van der Waals surface area contributed by atoms with Gasteiger partial charge in [0.15, 0.2) is 0 Å². The third-order valence-corrected chi connectivity index (χ3v) is 3.37. The average Bonchev–Trinajstić information content (AvgIpc) is 2.26. The molecule has 19 heavy (non-hydrogen) atoms. The van der Waals surface area contributed by atoms with Gasteiger partial charge in [-0.2, -0.15) is 28.1 Å². The normalized spacial score (nSPS) is 17.4. The molecule has 1 aromatic rings. The van der Waals surface area contributed by atoms with Crippen LogP contribution in [0.2, 0.25) is 0 Å². The van der Waals surface area contributed by atoms with Crippen LogP contribution < -0.4 is 11.1 Å². The van der Waals surface area contributed by atoms with Gasteiger partial charge in [0, 0.05) is 17.8 Å². The Morgan fingerprint density at radius 2 is 1.79 bits per heavy atom. The van der Waals surface area contributed by atoms with Crippen molar-refractivity contribution >= 4 is 23.7 Å². The highest BCUT2D eigenvalue weighted by molar-refractivity contribution is 8.00. The van der Waals surface area contributed by atoms with Gasteiger partial charge in [-0.05, 0) is 12.8 Å². The van der Waals surface area contributed by atoms with Crippen molar-refractivity contribution in [1.29, 1.82) is 0 Å². The van der Waals surface area contributed by atoms with E-state index in [0.717, 1.165) is 25.7 Å². The first-order valence-corrected chi connectivity index (χ1v) is 6.78. The number of nitrogen functional groups attached to an aromatic ring is 1. The molecular weight excluding hydrogens is 279 g/mol. The number of nitrogens with two attached hydrogens (primary N) is 1. The second kappa shape index (κ2) is 5.81. The van der Waals surface area contributed by atoms with E-state index in [1.54, 1.807) is 0 Å². The molecule has 1 fully saturated rings. The molecule has 0 radical (unpaired) electrons. The van der Waals surface area contributed by atoms with Gasteiger partial charge in [-0.3, -0.25) is 0 Å². The molecule has 1 heterocycles. The summed E-state index contributed by atoms with van der Waals surface area (Å²) in [5, 5.41) is 2.59. The molecule has 0 aromatic carbocycles. The van der Waals surface area contributed by atoms with Crippen molar-refractivity contribution in [3.63, 3.8) is 0 Å². The van der Waals surface area contributed by atoms with Crippen LogP contribution in [-0.4, -0.2) is 26.5 Å². The van der Waals surface area contributed by atoms with Crippen molar-refractivity contribution in [2.45, 2.75) is 48.8 Å².